The van der Waals surface area contributed by atoms with Crippen molar-refractivity contribution in [2.75, 3.05) is 0 Å². The van der Waals surface area contributed by atoms with Crippen molar-refractivity contribution in [3.8, 4) is 0 Å². The number of nitrogens with one attached hydrogen (secondary N) is 1. The molecule has 1 aliphatic rings. The van der Waals surface area contributed by atoms with E-state index in [0.29, 0.717) is 6.54 Å². The van der Waals surface area contributed by atoms with Crippen LogP contribution < -0.4 is 5.32 Å². The van der Waals surface area contributed by atoms with Crippen LogP contribution in [0.25, 0.3) is 0 Å². The first kappa shape index (κ1) is 10.6. The lowest BCUT2D eigenvalue weighted by molar-refractivity contribution is 0.0899. The first-order chi connectivity index (χ1) is 7.25. The van der Waals surface area contributed by atoms with Gasteiger partial charge in [0.15, 0.2) is 0 Å². The molecule has 1 aromatic rings. The molecule has 0 aromatic carbocycles. The molecule has 0 saturated heterocycles. The number of rotatable bonds is 3. The van der Waals surface area contributed by atoms with Crippen LogP contribution in [0.15, 0.2) is 10.6 Å². The molecule has 0 unspecified atom stereocenters. The van der Waals surface area contributed by atoms with Gasteiger partial charge in [0.25, 0.3) is 0 Å². The second-order valence-corrected chi connectivity index (χ2v) is 4.27. The molecule has 4 heteroatoms. The first-order valence-electron chi connectivity index (χ1n) is 5.59. The highest BCUT2D eigenvalue weighted by Crippen LogP contribution is 2.18. The molecule has 4 nitrogen and oxygen atoms in total. The van der Waals surface area contributed by atoms with Crippen LogP contribution in [-0.2, 0) is 6.54 Å². The molecule has 2 atom stereocenters. The highest BCUT2D eigenvalue weighted by molar-refractivity contribution is 5.03. The van der Waals surface area contributed by atoms with Gasteiger partial charge in [-0.05, 0) is 19.8 Å². The SMILES string of the molecule is Cc1cc(CN[C@@H]2CCCC[C@H]2O)no1. The second kappa shape index (κ2) is 4.77. The maximum Gasteiger partial charge on any atom is 0.133 e. The van der Waals surface area contributed by atoms with Gasteiger partial charge in [0.1, 0.15) is 5.76 Å². The van der Waals surface area contributed by atoms with Gasteiger partial charge in [-0.25, -0.2) is 0 Å². The van der Waals surface area contributed by atoms with Crippen LogP contribution in [0.4, 0.5) is 0 Å². The van der Waals surface area contributed by atoms with Crippen LogP contribution in [0, 0.1) is 6.92 Å². The van der Waals surface area contributed by atoms with E-state index in [4.69, 9.17) is 4.52 Å². The van der Waals surface area contributed by atoms with Crippen LogP contribution in [0.2, 0.25) is 0 Å². The third-order valence-electron chi connectivity index (χ3n) is 2.95. The Labute approximate surface area is 89.7 Å². The van der Waals surface area contributed by atoms with Crippen molar-refractivity contribution in [3.05, 3.63) is 17.5 Å². The third-order valence-corrected chi connectivity index (χ3v) is 2.95. The summed E-state index contributed by atoms with van der Waals surface area (Å²) < 4.78 is 4.98. The van der Waals surface area contributed by atoms with Gasteiger partial charge in [-0.1, -0.05) is 18.0 Å². The second-order valence-electron chi connectivity index (χ2n) is 4.27. The number of nitrogens with zero attached hydrogens (tertiary/aromatic N) is 1. The van der Waals surface area contributed by atoms with Crippen molar-refractivity contribution in [2.24, 2.45) is 0 Å². The van der Waals surface area contributed by atoms with E-state index in [9.17, 15) is 5.11 Å². The van der Waals surface area contributed by atoms with Gasteiger partial charge in [-0.15, -0.1) is 0 Å². The summed E-state index contributed by atoms with van der Waals surface area (Å²) in [5, 5.41) is 17.0. The molecule has 1 aromatic heterocycles. The summed E-state index contributed by atoms with van der Waals surface area (Å²) in [4.78, 5) is 0. The van der Waals surface area contributed by atoms with Crippen molar-refractivity contribution in [3.63, 3.8) is 0 Å². The molecule has 0 amide bonds. The summed E-state index contributed by atoms with van der Waals surface area (Å²) in [7, 11) is 0. The van der Waals surface area contributed by atoms with E-state index in [0.717, 1.165) is 30.7 Å². The molecule has 0 radical (unpaired) electrons. The van der Waals surface area contributed by atoms with Gasteiger partial charge in [-0.3, -0.25) is 0 Å². The fourth-order valence-corrected chi connectivity index (χ4v) is 2.09. The molecular weight excluding hydrogens is 192 g/mol. The Morgan fingerprint density at radius 2 is 2.33 bits per heavy atom. The van der Waals surface area contributed by atoms with E-state index in [1.807, 2.05) is 13.0 Å². The van der Waals surface area contributed by atoms with Gasteiger partial charge in [0.2, 0.25) is 0 Å². The number of aryl methyl sites for hydroxylation is 1. The number of aliphatic hydroxyl groups is 1. The molecule has 0 aliphatic heterocycles. The minimum absolute atomic E-state index is 0.202. The van der Waals surface area contributed by atoms with E-state index in [1.54, 1.807) is 0 Å². The largest absolute Gasteiger partial charge is 0.392 e. The van der Waals surface area contributed by atoms with Gasteiger partial charge >= 0.3 is 0 Å². The molecule has 0 spiro atoms. The molecule has 1 aliphatic carbocycles. The first-order valence-corrected chi connectivity index (χ1v) is 5.59. The Balaban J connectivity index is 1.81. The zero-order valence-electron chi connectivity index (χ0n) is 9.07. The molecule has 2 rings (SSSR count). The predicted molar refractivity (Wildman–Crippen MR) is 56.3 cm³/mol. The molecular formula is C11H18N2O2. The molecule has 15 heavy (non-hydrogen) atoms. The molecule has 1 saturated carbocycles. The lowest BCUT2D eigenvalue weighted by Gasteiger charge is -2.28. The van der Waals surface area contributed by atoms with Crippen LogP contribution in [-0.4, -0.2) is 22.4 Å². The lowest BCUT2D eigenvalue weighted by atomic mass is 9.92. The Morgan fingerprint density at radius 1 is 1.53 bits per heavy atom. The predicted octanol–water partition coefficient (Wildman–Crippen LogP) is 1.38. The van der Waals surface area contributed by atoms with Crippen molar-refractivity contribution < 1.29 is 9.63 Å². The van der Waals surface area contributed by atoms with E-state index >= 15 is 0 Å². The minimum atomic E-state index is -0.202. The standard InChI is InChI=1S/C11H18N2O2/c1-8-6-9(13-15-8)7-12-10-4-2-3-5-11(10)14/h6,10-12,14H,2-5,7H2,1H3/t10-,11-/m1/s1. The normalized spacial score (nSPS) is 26.8. The molecule has 1 heterocycles. The highest BCUT2D eigenvalue weighted by atomic mass is 16.5. The van der Waals surface area contributed by atoms with Gasteiger partial charge in [0, 0.05) is 18.7 Å². The summed E-state index contributed by atoms with van der Waals surface area (Å²) in [6, 6.07) is 2.14. The average Bonchev–Trinajstić information content (AvgIpc) is 2.63. The number of hydrogen-bond acceptors (Lipinski definition) is 4. The summed E-state index contributed by atoms with van der Waals surface area (Å²) in [6.45, 7) is 2.56. The number of aromatic nitrogens is 1. The Hall–Kier alpha value is -0.870. The van der Waals surface area contributed by atoms with E-state index in [1.165, 1.54) is 6.42 Å². The average molecular weight is 210 g/mol. The Bertz CT molecular complexity index is 311. The van der Waals surface area contributed by atoms with Crippen molar-refractivity contribution >= 4 is 0 Å². The van der Waals surface area contributed by atoms with Crippen LogP contribution in [0.3, 0.4) is 0 Å². The Kier molecular flexibility index (Phi) is 3.38. The van der Waals surface area contributed by atoms with E-state index in [-0.39, 0.29) is 12.1 Å². The fraction of sp³-hybridized carbons (Fsp3) is 0.727. The summed E-state index contributed by atoms with van der Waals surface area (Å²) >= 11 is 0. The lowest BCUT2D eigenvalue weighted by Crippen LogP contribution is -2.41. The van der Waals surface area contributed by atoms with Crippen molar-refractivity contribution in [1.29, 1.82) is 0 Å². The molecule has 2 N–H and O–H groups in total. The van der Waals surface area contributed by atoms with Gasteiger partial charge < -0.3 is 14.9 Å². The summed E-state index contributed by atoms with van der Waals surface area (Å²) in [5.74, 6) is 0.830. The van der Waals surface area contributed by atoms with Crippen molar-refractivity contribution in [2.45, 2.75) is 51.3 Å². The van der Waals surface area contributed by atoms with Crippen LogP contribution in [0.5, 0.6) is 0 Å². The number of aliphatic hydroxyl groups excluding tert-OH is 1. The molecule has 1 fully saturated rings. The zero-order valence-corrected chi connectivity index (χ0v) is 9.07. The number of hydrogen-bond donors (Lipinski definition) is 2. The smallest absolute Gasteiger partial charge is 0.133 e. The highest BCUT2D eigenvalue weighted by Gasteiger charge is 2.22. The Morgan fingerprint density at radius 3 is 3.00 bits per heavy atom. The van der Waals surface area contributed by atoms with E-state index in [2.05, 4.69) is 10.5 Å². The monoisotopic (exact) mass is 210 g/mol. The zero-order chi connectivity index (χ0) is 10.7. The van der Waals surface area contributed by atoms with Crippen LogP contribution in [0.1, 0.15) is 37.1 Å². The van der Waals surface area contributed by atoms with Crippen LogP contribution >= 0.6 is 0 Å². The summed E-state index contributed by atoms with van der Waals surface area (Å²) in [5.41, 5.74) is 0.908. The molecule has 84 valence electrons. The van der Waals surface area contributed by atoms with E-state index < -0.39 is 0 Å². The van der Waals surface area contributed by atoms with Gasteiger partial charge in [-0.2, -0.15) is 0 Å². The maximum absolute atomic E-state index is 9.75. The quantitative estimate of drug-likeness (QED) is 0.791. The minimum Gasteiger partial charge on any atom is -0.392 e. The van der Waals surface area contributed by atoms with Crippen molar-refractivity contribution in [1.82, 2.24) is 10.5 Å². The maximum atomic E-state index is 9.75. The molecule has 0 bridgehead atoms. The van der Waals surface area contributed by atoms with Gasteiger partial charge in [0.05, 0.1) is 11.8 Å². The topological polar surface area (TPSA) is 58.3 Å². The third kappa shape index (κ3) is 2.79. The fourth-order valence-electron chi connectivity index (χ4n) is 2.09. The summed E-state index contributed by atoms with van der Waals surface area (Å²) in [6.07, 6.45) is 4.11.